The van der Waals surface area contributed by atoms with Crippen LogP contribution in [0.15, 0.2) is 41.3 Å². The molecule has 0 aliphatic heterocycles. The van der Waals surface area contributed by atoms with Gasteiger partial charge in [0.05, 0.1) is 11.6 Å². The van der Waals surface area contributed by atoms with Gasteiger partial charge in [-0.05, 0) is 31.2 Å². The number of hydrogen-bond acceptors (Lipinski definition) is 4. The van der Waals surface area contributed by atoms with E-state index >= 15 is 0 Å². The van der Waals surface area contributed by atoms with E-state index in [1.54, 1.807) is 19.1 Å². The summed E-state index contributed by atoms with van der Waals surface area (Å²) in [6, 6.07) is 6.76. The molecule has 1 aromatic carbocycles. The fourth-order valence-corrected chi connectivity index (χ4v) is 2.80. The second kappa shape index (κ2) is 7.01. The molecule has 3 rings (SSSR count). The van der Waals surface area contributed by atoms with Crippen molar-refractivity contribution < 1.29 is 14.3 Å². The molecule has 0 bridgehead atoms. The monoisotopic (exact) mass is 376 g/mol. The molecule has 0 aliphatic carbocycles. The average Bonchev–Trinajstić information content (AvgIpc) is 2.54. The van der Waals surface area contributed by atoms with Gasteiger partial charge in [0.2, 0.25) is 0 Å². The predicted octanol–water partition coefficient (Wildman–Crippen LogP) is 3.98. The van der Waals surface area contributed by atoms with Crippen LogP contribution in [0.25, 0.3) is 10.9 Å². The van der Waals surface area contributed by atoms with Crippen molar-refractivity contribution in [3.8, 4) is 0 Å². The van der Waals surface area contributed by atoms with Crippen LogP contribution in [0.3, 0.4) is 0 Å². The number of rotatable bonds is 4. The van der Waals surface area contributed by atoms with Crippen LogP contribution in [0.4, 0.5) is 20.7 Å². The number of H-pyrrole nitrogens is 1. The number of nitrogens with one attached hydrogen (secondary N) is 3. The van der Waals surface area contributed by atoms with E-state index in [9.17, 15) is 14.0 Å². The third kappa shape index (κ3) is 3.75. The van der Waals surface area contributed by atoms with Gasteiger partial charge in [0, 0.05) is 33.9 Å². The van der Waals surface area contributed by atoms with Gasteiger partial charge in [-0.25, -0.2) is 14.2 Å². The first-order valence-electron chi connectivity index (χ1n) is 7.58. The minimum absolute atomic E-state index is 0.0844. The Bertz CT molecular complexity index is 1050. The van der Waals surface area contributed by atoms with Crippen molar-refractivity contribution in [3.05, 3.63) is 63.3 Å². The summed E-state index contributed by atoms with van der Waals surface area (Å²) in [4.78, 5) is 29.6. The van der Waals surface area contributed by atoms with Crippen LogP contribution < -0.4 is 16.2 Å². The smallest absolute Gasteiger partial charge is 0.409 e. The highest BCUT2D eigenvalue weighted by Crippen LogP contribution is 2.24. The molecule has 9 heteroatoms. The minimum Gasteiger partial charge on any atom is -0.465 e. The van der Waals surface area contributed by atoms with Gasteiger partial charge in [0.15, 0.2) is 0 Å². The Morgan fingerprint density at radius 1 is 1.35 bits per heavy atom. The Morgan fingerprint density at radius 2 is 2.12 bits per heavy atom. The lowest BCUT2D eigenvalue weighted by Gasteiger charge is -2.15. The predicted molar refractivity (Wildman–Crippen MR) is 97.5 cm³/mol. The van der Waals surface area contributed by atoms with Crippen molar-refractivity contribution in [2.24, 2.45) is 0 Å². The first kappa shape index (κ1) is 17.7. The summed E-state index contributed by atoms with van der Waals surface area (Å²) in [5.41, 5.74) is 0.334. The standard InChI is InChI=1S/C17H14ClFN4O3/c1-8(21-14-7-11(2-3-20-14)22-17(25)26)12-5-9-4-10(18)6-13(19)15(9)23-16(12)24/h2-8H,1H3,(H,23,24)(H,25,26)(H2,20,21,22)/t8-/m0/s1. The number of amides is 1. The van der Waals surface area contributed by atoms with Gasteiger partial charge in [0.25, 0.3) is 5.56 Å². The fourth-order valence-electron chi connectivity index (χ4n) is 2.59. The first-order chi connectivity index (χ1) is 12.3. The number of anilines is 2. The third-order valence-corrected chi connectivity index (χ3v) is 3.96. The normalized spacial score (nSPS) is 12.0. The molecule has 4 N–H and O–H groups in total. The number of carboxylic acid groups (broad SMARTS) is 1. The van der Waals surface area contributed by atoms with Gasteiger partial charge < -0.3 is 15.4 Å². The number of fused-ring (bicyclic) bond motifs is 1. The molecule has 1 amide bonds. The Hall–Kier alpha value is -3.13. The molecule has 7 nitrogen and oxygen atoms in total. The maximum Gasteiger partial charge on any atom is 0.409 e. The summed E-state index contributed by atoms with van der Waals surface area (Å²) in [5, 5.41) is 14.7. The molecule has 0 saturated carbocycles. The zero-order valence-electron chi connectivity index (χ0n) is 13.5. The molecule has 2 aromatic heterocycles. The maximum absolute atomic E-state index is 13.9. The molecule has 3 aromatic rings. The van der Waals surface area contributed by atoms with E-state index < -0.39 is 23.5 Å². The number of aromatic nitrogens is 2. The van der Waals surface area contributed by atoms with Crippen molar-refractivity contribution in [3.63, 3.8) is 0 Å². The Morgan fingerprint density at radius 3 is 2.85 bits per heavy atom. The molecule has 2 heterocycles. The Kier molecular flexibility index (Phi) is 4.77. The van der Waals surface area contributed by atoms with E-state index in [1.165, 1.54) is 18.3 Å². The van der Waals surface area contributed by atoms with Crippen LogP contribution in [0.1, 0.15) is 18.5 Å². The van der Waals surface area contributed by atoms with E-state index in [2.05, 4.69) is 20.6 Å². The molecular formula is C17H14ClFN4O3. The van der Waals surface area contributed by atoms with Crippen molar-refractivity contribution in [2.45, 2.75) is 13.0 Å². The second-order valence-electron chi connectivity index (χ2n) is 5.63. The number of aromatic amines is 1. The van der Waals surface area contributed by atoms with Crippen LogP contribution in [0, 0.1) is 5.82 Å². The number of benzene rings is 1. The number of nitrogens with zero attached hydrogens (tertiary/aromatic N) is 1. The van der Waals surface area contributed by atoms with Crippen LogP contribution in [0.2, 0.25) is 5.02 Å². The minimum atomic E-state index is -1.19. The van der Waals surface area contributed by atoms with Crippen LogP contribution in [-0.2, 0) is 0 Å². The number of halogens is 2. The van der Waals surface area contributed by atoms with Gasteiger partial charge in [-0.15, -0.1) is 0 Å². The second-order valence-corrected chi connectivity index (χ2v) is 6.07. The van der Waals surface area contributed by atoms with E-state index in [1.807, 2.05) is 0 Å². The van der Waals surface area contributed by atoms with Gasteiger partial charge in [-0.3, -0.25) is 10.1 Å². The molecule has 0 radical (unpaired) electrons. The molecule has 134 valence electrons. The Labute approximate surface area is 151 Å². The molecule has 26 heavy (non-hydrogen) atoms. The zero-order chi connectivity index (χ0) is 18.8. The lowest BCUT2D eigenvalue weighted by molar-refractivity contribution is 0.210. The maximum atomic E-state index is 13.9. The molecular weight excluding hydrogens is 363 g/mol. The number of pyridine rings is 2. The van der Waals surface area contributed by atoms with Crippen LogP contribution in [-0.4, -0.2) is 21.2 Å². The Balaban J connectivity index is 1.93. The summed E-state index contributed by atoms with van der Waals surface area (Å²) in [6.45, 7) is 1.73. The van der Waals surface area contributed by atoms with Crippen LogP contribution in [0.5, 0.6) is 0 Å². The SMILES string of the molecule is C[C@H](Nc1cc(NC(=O)O)ccn1)c1cc2cc(Cl)cc(F)c2[nH]c1=O. The van der Waals surface area contributed by atoms with Crippen molar-refractivity contribution in [1.82, 2.24) is 9.97 Å². The highest BCUT2D eigenvalue weighted by Gasteiger charge is 2.14. The van der Waals surface area contributed by atoms with Crippen LogP contribution >= 0.6 is 11.6 Å². The van der Waals surface area contributed by atoms with E-state index in [0.717, 1.165) is 6.07 Å². The van der Waals surface area contributed by atoms with Crippen molar-refractivity contribution in [1.29, 1.82) is 0 Å². The molecule has 0 unspecified atom stereocenters. The van der Waals surface area contributed by atoms with E-state index in [4.69, 9.17) is 16.7 Å². The molecule has 0 fully saturated rings. The third-order valence-electron chi connectivity index (χ3n) is 3.74. The van der Waals surface area contributed by atoms with E-state index in [0.29, 0.717) is 22.5 Å². The lowest BCUT2D eigenvalue weighted by atomic mass is 10.1. The van der Waals surface area contributed by atoms with Gasteiger partial charge in [0.1, 0.15) is 11.6 Å². The highest BCUT2D eigenvalue weighted by molar-refractivity contribution is 6.31. The first-order valence-corrected chi connectivity index (χ1v) is 7.96. The summed E-state index contributed by atoms with van der Waals surface area (Å²) in [6.07, 6.45) is 0.236. The quantitative estimate of drug-likeness (QED) is 0.551. The van der Waals surface area contributed by atoms with Gasteiger partial charge >= 0.3 is 6.09 Å². The highest BCUT2D eigenvalue weighted by atomic mass is 35.5. The summed E-state index contributed by atoms with van der Waals surface area (Å²) < 4.78 is 13.9. The summed E-state index contributed by atoms with van der Waals surface area (Å²) in [5.74, 6) is -0.230. The summed E-state index contributed by atoms with van der Waals surface area (Å²) >= 11 is 5.87. The topological polar surface area (TPSA) is 107 Å². The molecule has 0 saturated heterocycles. The van der Waals surface area contributed by atoms with Gasteiger partial charge in [-0.2, -0.15) is 0 Å². The molecule has 0 aliphatic rings. The zero-order valence-corrected chi connectivity index (χ0v) is 14.3. The van der Waals surface area contributed by atoms with E-state index in [-0.39, 0.29) is 10.5 Å². The van der Waals surface area contributed by atoms with Gasteiger partial charge in [-0.1, -0.05) is 11.6 Å². The molecule has 1 atom stereocenters. The fraction of sp³-hybridized carbons (Fsp3) is 0.118. The van der Waals surface area contributed by atoms with Crippen molar-refractivity contribution >= 4 is 40.1 Å². The number of carbonyl (C=O) groups is 1. The largest absolute Gasteiger partial charge is 0.465 e. The average molecular weight is 377 g/mol. The number of hydrogen-bond donors (Lipinski definition) is 4. The van der Waals surface area contributed by atoms with Crippen molar-refractivity contribution in [2.75, 3.05) is 10.6 Å². The lowest BCUT2D eigenvalue weighted by Crippen LogP contribution is -2.20. The summed E-state index contributed by atoms with van der Waals surface area (Å²) in [7, 11) is 0. The molecule has 0 spiro atoms.